The van der Waals surface area contributed by atoms with E-state index in [0.29, 0.717) is 13.0 Å². The normalized spacial score (nSPS) is 41.7. The molecule has 10 heavy (non-hydrogen) atoms. The fourth-order valence-electron chi connectivity index (χ4n) is 0.935. The molecule has 0 saturated carbocycles. The Morgan fingerprint density at radius 1 is 1.50 bits per heavy atom. The van der Waals surface area contributed by atoms with Crippen LogP contribution in [0.2, 0.25) is 0 Å². The summed E-state index contributed by atoms with van der Waals surface area (Å²) in [6.45, 7) is 0.356. The van der Waals surface area contributed by atoms with E-state index in [2.05, 4.69) is 0 Å². The first-order valence-electron chi connectivity index (χ1n) is 3.24. The minimum absolute atomic E-state index is 0.0848. The Morgan fingerprint density at radius 2 is 2.20 bits per heavy atom. The number of ether oxygens (including phenoxy) is 2. The summed E-state index contributed by atoms with van der Waals surface area (Å²) in [6.07, 6.45) is -1.49. The van der Waals surface area contributed by atoms with Crippen LogP contribution >= 0.6 is 0 Å². The van der Waals surface area contributed by atoms with E-state index in [4.69, 9.17) is 19.7 Å². The minimum atomic E-state index is -1.04. The largest absolute Gasteiger partial charge is 0.388 e. The van der Waals surface area contributed by atoms with Crippen LogP contribution < -0.4 is 0 Å². The van der Waals surface area contributed by atoms with Gasteiger partial charge in [-0.25, -0.2) is 0 Å². The predicted octanol–water partition coefficient (Wildman–Crippen LogP) is -0.899. The second-order valence-electron chi connectivity index (χ2n) is 2.38. The summed E-state index contributed by atoms with van der Waals surface area (Å²) in [5, 5.41) is 17.9. The van der Waals surface area contributed by atoms with E-state index in [1.54, 1.807) is 7.11 Å². The van der Waals surface area contributed by atoms with Gasteiger partial charge in [0.1, 0.15) is 6.10 Å². The molecule has 1 saturated heterocycles. The van der Waals surface area contributed by atoms with Crippen LogP contribution in [0, 0.1) is 0 Å². The zero-order valence-electron chi connectivity index (χ0n) is 5.86. The van der Waals surface area contributed by atoms with Gasteiger partial charge in [0, 0.05) is 13.5 Å². The monoisotopic (exact) mass is 148 g/mol. The third-order valence-electron chi connectivity index (χ3n) is 1.62. The van der Waals surface area contributed by atoms with Crippen LogP contribution in [0.4, 0.5) is 0 Å². The van der Waals surface area contributed by atoms with E-state index in [-0.39, 0.29) is 6.10 Å². The molecule has 2 unspecified atom stereocenters. The molecule has 0 radical (unpaired) electrons. The van der Waals surface area contributed by atoms with Crippen LogP contribution in [-0.4, -0.2) is 42.4 Å². The molecule has 2 N–H and O–H groups in total. The average Bonchev–Trinajstić information content (AvgIpc) is 1.95. The zero-order valence-corrected chi connectivity index (χ0v) is 5.86. The van der Waals surface area contributed by atoms with Gasteiger partial charge < -0.3 is 19.7 Å². The van der Waals surface area contributed by atoms with Crippen molar-refractivity contribution >= 4 is 0 Å². The van der Waals surface area contributed by atoms with Gasteiger partial charge >= 0.3 is 0 Å². The Labute approximate surface area is 59.4 Å². The van der Waals surface area contributed by atoms with Gasteiger partial charge in [0.15, 0.2) is 6.29 Å². The maximum atomic E-state index is 9.02. The lowest BCUT2D eigenvalue weighted by Gasteiger charge is -2.28. The van der Waals surface area contributed by atoms with Gasteiger partial charge in [0.25, 0.3) is 0 Å². The molecule has 60 valence electrons. The minimum Gasteiger partial charge on any atom is -0.388 e. The number of hydrogen-bond donors (Lipinski definition) is 2. The molecule has 0 aliphatic carbocycles. The summed E-state index contributed by atoms with van der Waals surface area (Å²) in [7, 11) is 1.55. The average molecular weight is 148 g/mol. The quantitative estimate of drug-likeness (QED) is 0.506. The van der Waals surface area contributed by atoms with Gasteiger partial charge in [-0.3, -0.25) is 0 Å². The molecular formula is C6H12O4. The molecule has 0 aromatic carbocycles. The molecule has 0 aromatic heterocycles. The standard InChI is InChI=1S/C6H12O4/c1-9-4-2-5(7)6(8)10-3-4/h4-8H,2-3H2,1H3/t4?,5-,6?/m1/s1. The van der Waals surface area contributed by atoms with E-state index in [1.807, 2.05) is 0 Å². The van der Waals surface area contributed by atoms with Crippen molar-refractivity contribution in [2.24, 2.45) is 0 Å². The second-order valence-corrected chi connectivity index (χ2v) is 2.38. The zero-order chi connectivity index (χ0) is 7.56. The summed E-state index contributed by atoms with van der Waals surface area (Å²) in [4.78, 5) is 0. The van der Waals surface area contributed by atoms with Crippen molar-refractivity contribution in [3.8, 4) is 0 Å². The van der Waals surface area contributed by atoms with E-state index < -0.39 is 12.4 Å². The maximum absolute atomic E-state index is 9.02. The Bertz CT molecular complexity index is 106. The van der Waals surface area contributed by atoms with E-state index >= 15 is 0 Å². The van der Waals surface area contributed by atoms with Gasteiger partial charge in [-0.15, -0.1) is 0 Å². The smallest absolute Gasteiger partial charge is 0.181 e. The Kier molecular flexibility index (Phi) is 2.62. The first kappa shape index (κ1) is 7.94. The molecule has 0 bridgehead atoms. The molecule has 0 aromatic rings. The predicted molar refractivity (Wildman–Crippen MR) is 33.4 cm³/mol. The van der Waals surface area contributed by atoms with E-state index in [0.717, 1.165) is 0 Å². The summed E-state index contributed by atoms with van der Waals surface area (Å²) < 4.78 is 9.69. The Balaban J connectivity index is 2.33. The van der Waals surface area contributed by atoms with E-state index in [9.17, 15) is 0 Å². The molecule has 1 rings (SSSR count). The molecule has 1 fully saturated rings. The molecule has 1 heterocycles. The summed E-state index contributed by atoms with van der Waals surface area (Å²) in [5.74, 6) is 0. The van der Waals surface area contributed by atoms with Crippen molar-refractivity contribution in [2.75, 3.05) is 13.7 Å². The highest BCUT2D eigenvalue weighted by atomic mass is 16.6. The van der Waals surface area contributed by atoms with Gasteiger partial charge in [-0.1, -0.05) is 0 Å². The number of aliphatic hydroxyl groups is 2. The van der Waals surface area contributed by atoms with Gasteiger partial charge in [0.05, 0.1) is 12.7 Å². The van der Waals surface area contributed by atoms with Gasteiger partial charge in [0.2, 0.25) is 0 Å². The van der Waals surface area contributed by atoms with Crippen LogP contribution in [0.3, 0.4) is 0 Å². The van der Waals surface area contributed by atoms with Crippen molar-refractivity contribution in [1.82, 2.24) is 0 Å². The molecule has 4 heteroatoms. The van der Waals surface area contributed by atoms with Crippen LogP contribution in [0.15, 0.2) is 0 Å². The maximum Gasteiger partial charge on any atom is 0.181 e. The molecule has 0 spiro atoms. The molecule has 3 atom stereocenters. The molecule has 4 nitrogen and oxygen atoms in total. The highest BCUT2D eigenvalue weighted by Gasteiger charge is 2.27. The van der Waals surface area contributed by atoms with Crippen molar-refractivity contribution < 1.29 is 19.7 Å². The van der Waals surface area contributed by atoms with Crippen molar-refractivity contribution in [1.29, 1.82) is 0 Å². The first-order valence-corrected chi connectivity index (χ1v) is 3.24. The first-order chi connectivity index (χ1) is 4.74. The summed E-state index contributed by atoms with van der Waals surface area (Å²) in [5.41, 5.74) is 0. The second kappa shape index (κ2) is 3.30. The number of methoxy groups -OCH3 is 1. The molecule has 0 amide bonds. The van der Waals surface area contributed by atoms with Gasteiger partial charge in [-0.05, 0) is 0 Å². The molecule has 1 aliphatic heterocycles. The number of hydrogen-bond acceptors (Lipinski definition) is 4. The lowest BCUT2D eigenvalue weighted by atomic mass is 10.1. The number of aliphatic hydroxyl groups excluding tert-OH is 2. The number of rotatable bonds is 1. The fraction of sp³-hybridized carbons (Fsp3) is 1.00. The molecule has 1 aliphatic rings. The van der Waals surface area contributed by atoms with E-state index in [1.165, 1.54) is 0 Å². The Morgan fingerprint density at radius 3 is 2.70 bits per heavy atom. The summed E-state index contributed by atoms with van der Waals surface area (Å²) in [6, 6.07) is 0. The van der Waals surface area contributed by atoms with Crippen LogP contribution in [0.25, 0.3) is 0 Å². The molecular weight excluding hydrogens is 136 g/mol. The summed E-state index contributed by atoms with van der Waals surface area (Å²) >= 11 is 0. The third kappa shape index (κ3) is 1.67. The van der Waals surface area contributed by atoms with Crippen LogP contribution in [-0.2, 0) is 9.47 Å². The highest BCUT2D eigenvalue weighted by molar-refractivity contribution is 4.71. The van der Waals surface area contributed by atoms with Gasteiger partial charge in [-0.2, -0.15) is 0 Å². The van der Waals surface area contributed by atoms with Crippen molar-refractivity contribution in [3.05, 3.63) is 0 Å². The topological polar surface area (TPSA) is 58.9 Å². The fourth-order valence-corrected chi connectivity index (χ4v) is 0.935. The third-order valence-corrected chi connectivity index (χ3v) is 1.62. The van der Waals surface area contributed by atoms with Crippen molar-refractivity contribution in [3.63, 3.8) is 0 Å². The SMILES string of the molecule is COC1COC(O)[C@H](O)C1. The van der Waals surface area contributed by atoms with Crippen LogP contribution in [0.5, 0.6) is 0 Å². The lowest BCUT2D eigenvalue weighted by molar-refractivity contribution is -0.215. The Hall–Kier alpha value is -0.160. The van der Waals surface area contributed by atoms with Crippen molar-refractivity contribution in [2.45, 2.75) is 24.9 Å². The highest BCUT2D eigenvalue weighted by Crippen LogP contribution is 2.13. The van der Waals surface area contributed by atoms with Crippen LogP contribution in [0.1, 0.15) is 6.42 Å². The lowest BCUT2D eigenvalue weighted by Crippen LogP contribution is -2.41.